The molecule has 5 nitrogen and oxygen atoms in total. The van der Waals surface area contributed by atoms with Gasteiger partial charge < -0.3 is 20.1 Å². The summed E-state index contributed by atoms with van der Waals surface area (Å²) in [6.07, 6.45) is 0. The molecule has 0 spiro atoms. The summed E-state index contributed by atoms with van der Waals surface area (Å²) in [7, 11) is 5.10. The fourth-order valence-electron chi connectivity index (χ4n) is 2.68. The van der Waals surface area contributed by atoms with E-state index in [4.69, 9.17) is 9.47 Å². The van der Waals surface area contributed by atoms with Gasteiger partial charge >= 0.3 is 0 Å². The van der Waals surface area contributed by atoms with Gasteiger partial charge in [0.15, 0.2) is 0 Å². The Hall–Kier alpha value is -2.24. The van der Waals surface area contributed by atoms with Gasteiger partial charge in [-0.2, -0.15) is 0 Å². The van der Waals surface area contributed by atoms with Crippen molar-refractivity contribution in [3.63, 3.8) is 0 Å². The highest BCUT2D eigenvalue weighted by atomic mass is 35.5. The fraction of sp³-hybridized carbons (Fsp3) is 0.350. The summed E-state index contributed by atoms with van der Waals surface area (Å²) in [4.78, 5) is 12.6. The Kier molecular flexibility index (Phi) is 8.96. The number of methoxy groups -OCH3 is 2. The van der Waals surface area contributed by atoms with E-state index < -0.39 is 0 Å². The summed E-state index contributed by atoms with van der Waals surface area (Å²) in [5.74, 6) is 1.36. The number of carbonyl (C=O) groups excluding carboxylic acids is 1. The van der Waals surface area contributed by atoms with Crippen LogP contribution in [0.2, 0.25) is 0 Å². The lowest BCUT2D eigenvalue weighted by Gasteiger charge is -2.23. The van der Waals surface area contributed by atoms with E-state index in [9.17, 15) is 4.79 Å². The molecule has 6 heteroatoms. The normalized spacial score (nSPS) is 11.4. The third-order valence-corrected chi connectivity index (χ3v) is 4.10. The largest absolute Gasteiger partial charge is 0.497 e. The van der Waals surface area contributed by atoms with Crippen LogP contribution in [0.1, 0.15) is 24.1 Å². The van der Waals surface area contributed by atoms with E-state index in [2.05, 4.69) is 10.6 Å². The van der Waals surface area contributed by atoms with Crippen LogP contribution in [0.5, 0.6) is 11.5 Å². The first-order valence-electron chi connectivity index (χ1n) is 8.32. The number of ether oxygens (including phenoxy) is 2. The Bertz CT molecular complexity index is 661. The zero-order valence-corrected chi connectivity index (χ0v) is 16.4. The molecule has 142 valence electrons. The summed E-state index contributed by atoms with van der Waals surface area (Å²) in [5, 5.41) is 6.18. The fourth-order valence-corrected chi connectivity index (χ4v) is 2.68. The third kappa shape index (κ3) is 5.64. The van der Waals surface area contributed by atoms with Crippen molar-refractivity contribution >= 4 is 18.3 Å². The Morgan fingerprint density at radius 1 is 1.00 bits per heavy atom. The highest BCUT2D eigenvalue weighted by Gasteiger charge is 2.21. The lowest BCUT2D eigenvalue weighted by molar-refractivity contribution is -0.124. The van der Waals surface area contributed by atoms with Gasteiger partial charge in [-0.15, -0.1) is 12.4 Å². The second kappa shape index (κ2) is 10.7. The maximum Gasteiger partial charge on any atom is 0.224 e. The highest BCUT2D eigenvalue weighted by molar-refractivity contribution is 5.85. The molecule has 0 aliphatic carbocycles. The van der Waals surface area contributed by atoms with Gasteiger partial charge in [0, 0.05) is 12.5 Å². The van der Waals surface area contributed by atoms with Gasteiger partial charge in [-0.05, 0) is 42.4 Å². The van der Waals surface area contributed by atoms with Crippen molar-refractivity contribution in [2.45, 2.75) is 13.0 Å². The van der Waals surface area contributed by atoms with Crippen LogP contribution in [0, 0.1) is 5.92 Å². The van der Waals surface area contributed by atoms with Crippen LogP contribution in [0.4, 0.5) is 0 Å². The van der Waals surface area contributed by atoms with Crippen LogP contribution >= 0.6 is 12.4 Å². The minimum absolute atomic E-state index is 0. The van der Waals surface area contributed by atoms with Gasteiger partial charge in [0.1, 0.15) is 11.5 Å². The van der Waals surface area contributed by atoms with E-state index >= 15 is 0 Å². The van der Waals surface area contributed by atoms with Gasteiger partial charge in [-0.1, -0.05) is 31.2 Å². The second-order valence-electron chi connectivity index (χ2n) is 5.95. The summed E-state index contributed by atoms with van der Waals surface area (Å²) < 4.78 is 10.7. The van der Waals surface area contributed by atoms with Gasteiger partial charge in [0.05, 0.1) is 20.3 Å². The van der Waals surface area contributed by atoms with E-state index in [1.54, 1.807) is 14.2 Å². The molecule has 0 saturated carbocycles. The molecule has 2 N–H and O–H groups in total. The van der Waals surface area contributed by atoms with E-state index in [1.807, 2.05) is 62.5 Å². The zero-order valence-electron chi connectivity index (χ0n) is 15.6. The molecule has 0 fully saturated rings. The molecule has 0 heterocycles. The Morgan fingerprint density at radius 3 is 1.92 bits per heavy atom. The molecule has 0 aliphatic rings. The highest BCUT2D eigenvalue weighted by Crippen LogP contribution is 2.28. The standard InChI is InChI=1S/C20H26N2O3.ClH/c1-14(13-21-2)20(23)22-19(15-7-5-9-17(11-15)24-3)16-8-6-10-18(12-16)25-4;/h5-12,14,19,21H,13H2,1-4H3,(H,22,23);1H. The number of amides is 1. The number of hydrogen-bond acceptors (Lipinski definition) is 4. The number of rotatable bonds is 8. The summed E-state index contributed by atoms with van der Waals surface area (Å²) in [6, 6.07) is 15.2. The first-order chi connectivity index (χ1) is 12.1. The van der Waals surface area contributed by atoms with E-state index in [1.165, 1.54) is 0 Å². The topological polar surface area (TPSA) is 59.6 Å². The van der Waals surface area contributed by atoms with Crippen LogP contribution in [0.25, 0.3) is 0 Å². The van der Waals surface area contributed by atoms with Crippen LogP contribution in [-0.4, -0.2) is 33.7 Å². The molecule has 0 saturated heterocycles. The summed E-state index contributed by atoms with van der Waals surface area (Å²) >= 11 is 0. The second-order valence-corrected chi connectivity index (χ2v) is 5.95. The molecule has 2 rings (SSSR count). The van der Waals surface area contributed by atoms with Crippen LogP contribution < -0.4 is 20.1 Å². The smallest absolute Gasteiger partial charge is 0.224 e. The molecule has 26 heavy (non-hydrogen) atoms. The number of halogens is 1. The summed E-state index contributed by atoms with van der Waals surface area (Å²) in [5.41, 5.74) is 1.91. The number of hydrogen-bond donors (Lipinski definition) is 2. The van der Waals surface area contributed by atoms with E-state index in [0.29, 0.717) is 6.54 Å². The van der Waals surface area contributed by atoms with Crippen LogP contribution in [0.3, 0.4) is 0 Å². The monoisotopic (exact) mass is 378 g/mol. The maximum atomic E-state index is 12.6. The molecule has 1 atom stereocenters. The zero-order chi connectivity index (χ0) is 18.2. The van der Waals surface area contributed by atoms with Crippen LogP contribution in [0.15, 0.2) is 48.5 Å². The van der Waals surface area contributed by atoms with Gasteiger partial charge in [-0.3, -0.25) is 4.79 Å². The van der Waals surface area contributed by atoms with Crippen molar-refractivity contribution in [1.29, 1.82) is 0 Å². The minimum Gasteiger partial charge on any atom is -0.497 e. The molecule has 1 amide bonds. The van der Waals surface area contributed by atoms with Crippen molar-refractivity contribution in [2.75, 3.05) is 27.8 Å². The Labute approximate surface area is 161 Å². The van der Waals surface area contributed by atoms with Gasteiger partial charge in [-0.25, -0.2) is 0 Å². The average Bonchev–Trinajstić information content (AvgIpc) is 2.66. The molecule has 0 bridgehead atoms. The Balaban J connectivity index is 0.00000338. The lowest BCUT2D eigenvalue weighted by Crippen LogP contribution is -2.37. The summed E-state index contributed by atoms with van der Waals surface area (Å²) in [6.45, 7) is 2.52. The molecular formula is C20H27ClN2O3. The van der Waals surface area contributed by atoms with E-state index in [0.717, 1.165) is 22.6 Å². The molecule has 2 aromatic rings. The molecular weight excluding hydrogens is 352 g/mol. The van der Waals surface area contributed by atoms with Crippen molar-refractivity contribution < 1.29 is 14.3 Å². The maximum absolute atomic E-state index is 12.6. The third-order valence-electron chi connectivity index (χ3n) is 4.10. The van der Waals surface area contributed by atoms with Crippen molar-refractivity contribution in [1.82, 2.24) is 10.6 Å². The van der Waals surface area contributed by atoms with Crippen molar-refractivity contribution in [3.8, 4) is 11.5 Å². The molecule has 0 aromatic heterocycles. The van der Waals surface area contributed by atoms with Gasteiger partial charge in [0.25, 0.3) is 0 Å². The molecule has 0 radical (unpaired) electrons. The van der Waals surface area contributed by atoms with Crippen molar-refractivity contribution in [3.05, 3.63) is 59.7 Å². The predicted octanol–water partition coefficient (Wildman–Crippen LogP) is 3.19. The van der Waals surface area contributed by atoms with Crippen LogP contribution in [-0.2, 0) is 4.79 Å². The number of nitrogens with one attached hydrogen (secondary N) is 2. The SMILES string of the molecule is CNCC(C)C(=O)NC(c1cccc(OC)c1)c1cccc(OC)c1.Cl. The van der Waals surface area contributed by atoms with E-state index in [-0.39, 0.29) is 30.3 Å². The molecule has 0 aliphatic heterocycles. The molecule has 1 unspecified atom stereocenters. The van der Waals surface area contributed by atoms with Crippen molar-refractivity contribution in [2.24, 2.45) is 5.92 Å². The predicted molar refractivity (Wildman–Crippen MR) is 106 cm³/mol. The number of benzene rings is 2. The number of carbonyl (C=O) groups is 1. The first kappa shape index (κ1) is 21.8. The lowest BCUT2D eigenvalue weighted by atomic mass is 9.97. The minimum atomic E-state index is -0.281. The van der Waals surface area contributed by atoms with Gasteiger partial charge in [0.2, 0.25) is 5.91 Å². The Morgan fingerprint density at radius 2 is 1.50 bits per heavy atom. The first-order valence-corrected chi connectivity index (χ1v) is 8.32. The quantitative estimate of drug-likeness (QED) is 0.740. The average molecular weight is 379 g/mol. The molecule has 2 aromatic carbocycles.